The molecule has 0 aromatic rings. The molecule has 0 spiro atoms. The molecule has 0 rings (SSSR count). The number of rotatable bonds is 1. The summed E-state index contributed by atoms with van der Waals surface area (Å²) in [5.74, 6) is 0. The van der Waals surface area contributed by atoms with Gasteiger partial charge in [-0.25, -0.2) is 0 Å². The van der Waals surface area contributed by atoms with Crippen LogP contribution >= 0.6 is 6.81 Å². The third-order valence-electron chi connectivity index (χ3n) is 2.01. The highest BCUT2D eigenvalue weighted by Gasteiger charge is 2.37. The van der Waals surface area contributed by atoms with Crippen LogP contribution in [0.3, 0.4) is 0 Å². The van der Waals surface area contributed by atoms with E-state index in [9.17, 15) is 0 Å². The smallest absolute Gasteiger partial charge is 0.0344 e. The van der Waals surface area contributed by atoms with E-state index >= 15 is 0 Å². The zero-order valence-electron chi connectivity index (χ0n) is 6.95. The summed E-state index contributed by atoms with van der Waals surface area (Å²) < 4.78 is 0. The Morgan fingerprint density at radius 2 is 1.00 bits per heavy atom. The first-order valence-electron chi connectivity index (χ1n) is 3.07. The minimum absolute atomic E-state index is 0.461. The van der Waals surface area contributed by atoms with Crippen molar-refractivity contribution >= 4 is 14.6 Å². The monoisotopic (exact) mass is 149 g/mol. The molecule has 0 nitrogen and oxygen atoms in total. The fourth-order valence-electron chi connectivity index (χ4n) is 0. The van der Waals surface area contributed by atoms with Gasteiger partial charge in [-0.3, -0.25) is 0 Å². The van der Waals surface area contributed by atoms with Crippen LogP contribution in [-0.4, -0.2) is 27.7 Å². The molecule has 0 unspecified atom stereocenters. The molecule has 0 aliphatic rings. The van der Waals surface area contributed by atoms with E-state index in [-0.39, 0.29) is 0 Å². The quantitative estimate of drug-likeness (QED) is 0.397. The van der Waals surface area contributed by atoms with Crippen molar-refractivity contribution in [1.82, 2.24) is 0 Å². The molecule has 0 atom stereocenters. The Balaban J connectivity index is 4.02. The van der Waals surface area contributed by atoms with Crippen molar-refractivity contribution in [3.8, 4) is 0 Å². The molecule has 0 radical (unpaired) electrons. The summed E-state index contributed by atoms with van der Waals surface area (Å²) in [7, 11) is -0.748. The van der Waals surface area contributed by atoms with Gasteiger partial charge in [-0.2, -0.15) is 0 Å². The summed E-state index contributed by atoms with van der Waals surface area (Å²) in [6.45, 7) is 14.2. The van der Waals surface area contributed by atoms with Crippen LogP contribution in [0.25, 0.3) is 0 Å². The lowest BCUT2D eigenvalue weighted by molar-refractivity contribution is 1.82. The van der Waals surface area contributed by atoms with Crippen LogP contribution in [0.2, 0.25) is 19.6 Å². The van der Waals surface area contributed by atoms with Crippen LogP contribution < -0.4 is 0 Å². The summed E-state index contributed by atoms with van der Waals surface area (Å²) in [5.41, 5.74) is 0. The summed E-state index contributed by atoms with van der Waals surface area (Å²) in [4.78, 5) is 0. The van der Waals surface area contributed by atoms with Gasteiger partial charge in [-0.1, -0.05) is 0 Å². The average molecular weight is 149 g/mol. The zero-order chi connectivity index (χ0) is 7.00. The minimum Gasteiger partial charge on any atom is -0.0344 e. The van der Waals surface area contributed by atoms with Crippen molar-refractivity contribution in [1.29, 1.82) is 0 Å². The predicted molar refractivity (Wildman–Crippen MR) is 48.0 cm³/mol. The lowest BCUT2D eigenvalue weighted by Crippen LogP contribution is -2.23. The molecule has 0 aliphatic carbocycles. The maximum Gasteiger partial charge on any atom is 0.220 e. The summed E-state index contributed by atoms with van der Waals surface area (Å²) in [5, 5.41) is 0. The van der Waals surface area contributed by atoms with E-state index in [0.717, 1.165) is 0 Å². The second-order valence-corrected chi connectivity index (χ2v) is 20.6. The Bertz CT molecular complexity index is 63.5. The third-order valence-corrected chi connectivity index (χ3v) is 18.1. The normalized spacial score (nSPS) is 14.2. The van der Waals surface area contributed by atoms with Crippen LogP contribution in [0.15, 0.2) is 0 Å². The highest BCUT2D eigenvalue weighted by molar-refractivity contribution is 8.06. The minimum atomic E-state index is -0.748. The number of hydrogen-bond acceptors (Lipinski definition) is 0. The Kier molecular flexibility index (Phi) is 2.28. The van der Waals surface area contributed by atoms with Gasteiger partial charge < -0.3 is 0 Å². The summed E-state index contributed by atoms with van der Waals surface area (Å²) in [6.07, 6.45) is 0. The topological polar surface area (TPSA) is 0 Å². The van der Waals surface area contributed by atoms with Gasteiger partial charge in [0, 0.05) is 20.0 Å². The molecular weight excluding hydrogens is 131 g/mol. The SMILES string of the molecule is C[Si](C)(C)[P+](C)(C)C. The second kappa shape index (κ2) is 2.11. The van der Waals surface area contributed by atoms with Gasteiger partial charge in [0.2, 0.25) is 7.74 Å². The van der Waals surface area contributed by atoms with E-state index in [4.69, 9.17) is 0 Å². The van der Waals surface area contributed by atoms with Crippen LogP contribution in [-0.2, 0) is 0 Å². The Morgan fingerprint density at radius 3 is 1.00 bits per heavy atom. The van der Waals surface area contributed by atoms with E-state index < -0.39 is 14.6 Å². The van der Waals surface area contributed by atoms with Gasteiger partial charge in [0.15, 0.2) is 0 Å². The van der Waals surface area contributed by atoms with Gasteiger partial charge in [0.25, 0.3) is 0 Å². The van der Waals surface area contributed by atoms with Crippen molar-refractivity contribution in [3.05, 3.63) is 0 Å². The molecule has 0 bridgehead atoms. The maximum absolute atomic E-state index is 2.46. The van der Waals surface area contributed by atoms with Gasteiger partial charge in [-0.05, 0) is 26.5 Å². The Labute approximate surface area is 54.9 Å². The molecular formula is C6H18PSi+. The molecule has 0 saturated heterocycles. The molecule has 50 valence electrons. The molecule has 0 saturated carbocycles. The van der Waals surface area contributed by atoms with Crippen molar-refractivity contribution in [2.45, 2.75) is 19.6 Å². The van der Waals surface area contributed by atoms with Crippen LogP contribution in [0.1, 0.15) is 0 Å². The molecule has 0 aromatic carbocycles. The standard InChI is InChI=1S/C6H18PSi/c1-7(2,3)8(4,5)6/h1-6H3/q+1. The van der Waals surface area contributed by atoms with Gasteiger partial charge in [0.05, 0.1) is 0 Å². The van der Waals surface area contributed by atoms with Crippen LogP contribution in [0.4, 0.5) is 0 Å². The highest BCUT2D eigenvalue weighted by atomic mass is 31.4. The third kappa shape index (κ3) is 2.28. The van der Waals surface area contributed by atoms with Crippen molar-refractivity contribution in [2.75, 3.05) is 20.0 Å². The number of hydrogen-bond donors (Lipinski definition) is 0. The molecule has 0 heterocycles. The Hall–Kier alpha value is 0.647. The highest BCUT2D eigenvalue weighted by Crippen LogP contribution is 2.56. The molecule has 0 aromatic heterocycles. The van der Waals surface area contributed by atoms with E-state index in [1.807, 2.05) is 0 Å². The first-order valence-corrected chi connectivity index (χ1v) is 10.5. The van der Waals surface area contributed by atoms with Crippen molar-refractivity contribution in [2.24, 2.45) is 0 Å². The van der Waals surface area contributed by atoms with Crippen LogP contribution in [0.5, 0.6) is 0 Å². The lowest BCUT2D eigenvalue weighted by atomic mass is 11.8. The fourth-order valence-corrected chi connectivity index (χ4v) is 0. The van der Waals surface area contributed by atoms with E-state index in [2.05, 4.69) is 39.6 Å². The lowest BCUT2D eigenvalue weighted by Gasteiger charge is -2.24. The van der Waals surface area contributed by atoms with E-state index in [1.54, 1.807) is 0 Å². The van der Waals surface area contributed by atoms with Crippen LogP contribution in [0, 0.1) is 0 Å². The maximum atomic E-state index is 2.46. The fraction of sp³-hybridized carbons (Fsp3) is 1.00. The first kappa shape index (κ1) is 8.65. The van der Waals surface area contributed by atoms with E-state index in [0.29, 0.717) is 0 Å². The van der Waals surface area contributed by atoms with Gasteiger partial charge in [-0.15, -0.1) is 0 Å². The summed E-state index contributed by atoms with van der Waals surface area (Å²) >= 11 is 0. The molecule has 8 heavy (non-hydrogen) atoms. The molecule has 2 heteroatoms. The van der Waals surface area contributed by atoms with Gasteiger partial charge >= 0.3 is 0 Å². The zero-order valence-corrected chi connectivity index (χ0v) is 8.84. The largest absolute Gasteiger partial charge is 0.220 e. The van der Waals surface area contributed by atoms with Gasteiger partial charge in [0.1, 0.15) is 0 Å². The molecule has 0 N–H and O–H groups in total. The van der Waals surface area contributed by atoms with Crippen molar-refractivity contribution in [3.63, 3.8) is 0 Å². The predicted octanol–water partition coefficient (Wildman–Crippen LogP) is 2.73. The van der Waals surface area contributed by atoms with E-state index in [1.165, 1.54) is 0 Å². The Morgan fingerprint density at radius 1 is 0.875 bits per heavy atom. The molecule has 0 fully saturated rings. The van der Waals surface area contributed by atoms with Crippen molar-refractivity contribution < 1.29 is 0 Å². The second-order valence-electron chi connectivity index (χ2n) is 4.18. The molecule has 0 aliphatic heterocycles. The average Bonchev–Trinajstić information content (AvgIpc) is 1.25. The first-order chi connectivity index (χ1) is 3.25. The molecule has 0 amide bonds. The summed E-state index contributed by atoms with van der Waals surface area (Å²) in [6, 6.07) is 0.